The molecule has 1 saturated heterocycles. The van der Waals surface area contributed by atoms with Gasteiger partial charge in [0.05, 0.1) is 18.8 Å². The highest BCUT2D eigenvalue weighted by Crippen LogP contribution is 2.23. The van der Waals surface area contributed by atoms with Crippen molar-refractivity contribution in [3.8, 4) is 0 Å². The van der Waals surface area contributed by atoms with Gasteiger partial charge >= 0.3 is 0 Å². The predicted octanol–water partition coefficient (Wildman–Crippen LogP) is 0.773. The van der Waals surface area contributed by atoms with E-state index in [-0.39, 0.29) is 11.8 Å². The number of carbonyl (C=O) groups is 2. The maximum atomic E-state index is 12.6. The van der Waals surface area contributed by atoms with Crippen molar-refractivity contribution in [1.82, 2.24) is 10.2 Å². The van der Waals surface area contributed by atoms with Crippen LogP contribution in [0.4, 0.5) is 11.4 Å². The summed E-state index contributed by atoms with van der Waals surface area (Å²) < 4.78 is 5.31. The first kappa shape index (κ1) is 18.2. The van der Waals surface area contributed by atoms with Crippen LogP contribution in [0, 0.1) is 0 Å². The van der Waals surface area contributed by atoms with Crippen molar-refractivity contribution in [2.45, 2.75) is 6.92 Å². The largest absolute Gasteiger partial charge is 0.379 e. The lowest BCUT2D eigenvalue weighted by Gasteiger charge is -2.26. The van der Waals surface area contributed by atoms with Gasteiger partial charge in [-0.05, 0) is 18.2 Å². The molecule has 2 rings (SSSR count). The van der Waals surface area contributed by atoms with E-state index in [4.69, 9.17) is 4.74 Å². The summed E-state index contributed by atoms with van der Waals surface area (Å²) in [6.07, 6.45) is 0. The van der Waals surface area contributed by atoms with Crippen LogP contribution >= 0.6 is 0 Å². The molecule has 1 aromatic rings. The smallest absolute Gasteiger partial charge is 0.253 e. The third-order valence-electron chi connectivity index (χ3n) is 3.86. The van der Waals surface area contributed by atoms with Crippen LogP contribution in [0.2, 0.25) is 0 Å². The molecule has 132 valence electrons. The van der Waals surface area contributed by atoms with Gasteiger partial charge in [0, 0.05) is 58.6 Å². The zero-order valence-electron chi connectivity index (χ0n) is 14.6. The second-order valence-corrected chi connectivity index (χ2v) is 6.02. The Labute approximate surface area is 142 Å². The summed E-state index contributed by atoms with van der Waals surface area (Å²) in [5.41, 5.74) is 1.98. The summed E-state index contributed by atoms with van der Waals surface area (Å²) >= 11 is 0. The van der Waals surface area contributed by atoms with E-state index in [1.165, 1.54) is 6.92 Å². The van der Waals surface area contributed by atoms with Gasteiger partial charge in [-0.2, -0.15) is 0 Å². The molecule has 24 heavy (non-hydrogen) atoms. The minimum absolute atomic E-state index is 0.140. The van der Waals surface area contributed by atoms with Crippen LogP contribution in [0.25, 0.3) is 0 Å². The average Bonchev–Trinajstić information content (AvgIpc) is 2.55. The number of carbonyl (C=O) groups excluding carboxylic acids is 2. The molecule has 1 aliphatic rings. The van der Waals surface area contributed by atoms with Crippen molar-refractivity contribution >= 4 is 23.2 Å². The van der Waals surface area contributed by atoms with Crippen LogP contribution < -0.4 is 15.5 Å². The lowest BCUT2D eigenvalue weighted by Crippen LogP contribution is -2.41. The number of benzene rings is 1. The fourth-order valence-corrected chi connectivity index (χ4v) is 2.64. The number of hydrogen-bond donors (Lipinski definition) is 2. The molecule has 0 aromatic heterocycles. The van der Waals surface area contributed by atoms with Crippen LogP contribution in [0.1, 0.15) is 17.3 Å². The first-order valence-electron chi connectivity index (χ1n) is 8.14. The van der Waals surface area contributed by atoms with E-state index in [1.54, 1.807) is 12.1 Å². The zero-order valence-corrected chi connectivity index (χ0v) is 14.6. The Kier molecular flexibility index (Phi) is 6.57. The average molecular weight is 334 g/mol. The standard InChI is InChI=1S/C17H26N4O3/c1-13(22)19-14-4-5-16(20(2)3)15(12-14)17(23)18-6-7-21-8-10-24-11-9-21/h4-5,12H,6-11H2,1-3H3,(H,18,23)(H,19,22). The number of ether oxygens (including phenoxy) is 1. The zero-order chi connectivity index (χ0) is 17.5. The van der Waals surface area contributed by atoms with E-state index in [1.807, 2.05) is 25.1 Å². The Morgan fingerprint density at radius 1 is 1.25 bits per heavy atom. The molecule has 0 atom stereocenters. The van der Waals surface area contributed by atoms with Gasteiger partial charge in [0.25, 0.3) is 5.91 Å². The molecule has 1 heterocycles. The molecule has 0 unspecified atom stereocenters. The Hall–Kier alpha value is -2.12. The Balaban J connectivity index is 2.01. The van der Waals surface area contributed by atoms with Crippen molar-refractivity contribution < 1.29 is 14.3 Å². The number of nitrogens with one attached hydrogen (secondary N) is 2. The van der Waals surface area contributed by atoms with E-state index in [2.05, 4.69) is 15.5 Å². The quantitative estimate of drug-likeness (QED) is 0.804. The second-order valence-electron chi connectivity index (χ2n) is 6.02. The van der Waals surface area contributed by atoms with Gasteiger partial charge in [0.15, 0.2) is 0 Å². The van der Waals surface area contributed by atoms with Gasteiger partial charge in [-0.15, -0.1) is 0 Å². The molecule has 0 saturated carbocycles. The van der Waals surface area contributed by atoms with Crippen LogP contribution in [0.15, 0.2) is 18.2 Å². The second kappa shape index (κ2) is 8.65. The first-order chi connectivity index (χ1) is 11.5. The Morgan fingerprint density at radius 3 is 2.58 bits per heavy atom. The molecule has 2 N–H and O–H groups in total. The Bertz CT molecular complexity index is 583. The minimum atomic E-state index is -0.161. The number of anilines is 2. The van der Waals surface area contributed by atoms with E-state index >= 15 is 0 Å². The number of hydrogen-bond acceptors (Lipinski definition) is 5. The van der Waals surface area contributed by atoms with Gasteiger partial charge in [-0.3, -0.25) is 14.5 Å². The number of morpholine rings is 1. The summed E-state index contributed by atoms with van der Waals surface area (Å²) in [4.78, 5) is 27.9. The third kappa shape index (κ3) is 5.21. The molecule has 7 heteroatoms. The van der Waals surface area contributed by atoms with Crippen LogP contribution in [-0.2, 0) is 9.53 Å². The van der Waals surface area contributed by atoms with Crippen molar-refractivity contribution in [3.05, 3.63) is 23.8 Å². The molecular formula is C17H26N4O3. The molecule has 2 amide bonds. The van der Waals surface area contributed by atoms with Gasteiger partial charge in [-0.25, -0.2) is 0 Å². The molecule has 1 aromatic carbocycles. The highest BCUT2D eigenvalue weighted by Gasteiger charge is 2.15. The summed E-state index contributed by atoms with van der Waals surface area (Å²) in [6, 6.07) is 5.34. The molecule has 0 spiro atoms. The van der Waals surface area contributed by atoms with Crippen molar-refractivity contribution in [2.75, 3.05) is 63.7 Å². The highest BCUT2D eigenvalue weighted by atomic mass is 16.5. The van der Waals surface area contributed by atoms with E-state index < -0.39 is 0 Å². The summed E-state index contributed by atoms with van der Waals surface area (Å²) in [5, 5.41) is 5.68. The van der Waals surface area contributed by atoms with Crippen LogP contribution in [0.3, 0.4) is 0 Å². The lowest BCUT2D eigenvalue weighted by atomic mass is 10.1. The summed E-state index contributed by atoms with van der Waals surface area (Å²) in [6.45, 7) is 6.12. The van der Waals surface area contributed by atoms with Crippen molar-refractivity contribution in [3.63, 3.8) is 0 Å². The predicted molar refractivity (Wildman–Crippen MR) is 94.7 cm³/mol. The first-order valence-corrected chi connectivity index (χ1v) is 8.14. The molecule has 0 radical (unpaired) electrons. The maximum Gasteiger partial charge on any atom is 0.253 e. The van der Waals surface area contributed by atoms with Crippen molar-refractivity contribution in [1.29, 1.82) is 0 Å². The summed E-state index contributed by atoms with van der Waals surface area (Å²) in [7, 11) is 3.77. The topological polar surface area (TPSA) is 73.9 Å². The number of nitrogens with zero attached hydrogens (tertiary/aromatic N) is 2. The van der Waals surface area contributed by atoms with Crippen LogP contribution in [-0.4, -0.2) is 70.2 Å². The SMILES string of the molecule is CC(=O)Nc1ccc(N(C)C)c(C(=O)NCCN2CCOCC2)c1. The van der Waals surface area contributed by atoms with Crippen LogP contribution in [0.5, 0.6) is 0 Å². The van der Waals surface area contributed by atoms with E-state index in [9.17, 15) is 9.59 Å². The Morgan fingerprint density at radius 2 is 1.96 bits per heavy atom. The third-order valence-corrected chi connectivity index (χ3v) is 3.86. The summed E-state index contributed by atoms with van der Waals surface area (Å²) in [5.74, 6) is -0.301. The van der Waals surface area contributed by atoms with Crippen molar-refractivity contribution in [2.24, 2.45) is 0 Å². The lowest BCUT2D eigenvalue weighted by molar-refractivity contribution is -0.114. The molecule has 7 nitrogen and oxygen atoms in total. The monoisotopic (exact) mass is 334 g/mol. The van der Waals surface area contributed by atoms with Gasteiger partial charge in [0.1, 0.15) is 0 Å². The number of rotatable bonds is 6. The number of amides is 2. The fourth-order valence-electron chi connectivity index (χ4n) is 2.64. The minimum Gasteiger partial charge on any atom is -0.379 e. The van der Waals surface area contributed by atoms with Gasteiger partial charge in [-0.1, -0.05) is 0 Å². The fraction of sp³-hybridized carbons (Fsp3) is 0.529. The molecule has 0 bridgehead atoms. The van der Waals surface area contributed by atoms with Gasteiger partial charge < -0.3 is 20.3 Å². The molecule has 1 fully saturated rings. The normalized spacial score (nSPS) is 15.0. The molecular weight excluding hydrogens is 308 g/mol. The van der Waals surface area contributed by atoms with Gasteiger partial charge in [0.2, 0.25) is 5.91 Å². The molecule has 0 aliphatic carbocycles. The maximum absolute atomic E-state index is 12.6. The van der Waals surface area contributed by atoms with E-state index in [0.29, 0.717) is 17.8 Å². The van der Waals surface area contributed by atoms with E-state index in [0.717, 1.165) is 38.5 Å². The highest BCUT2D eigenvalue weighted by molar-refractivity contribution is 6.01. The molecule has 1 aliphatic heterocycles.